The summed E-state index contributed by atoms with van der Waals surface area (Å²) < 4.78 is 11.5. The molecule has 0 aromatic heterocycles. The van der Waals surface area contributed by atoms with E-state index in [1.54, 1.807) is 0 Å². The van der Waals surface area contributed by atoms with E-state index in [-0.39, 0.29) is 5.60 Å². The normalized spacial score (nSPS) is 41.2. The molecule has 0 amide bonds. The molecule has 2 unspecified atom stereocenters. The Hall–Kier alpha value is -0.0800. The minimum absolute atomic E-state index is 0.00116. The topological polar surface area (TPSA) is 18.5 Å². The van der Waals surface area contributed by atoms with Crippen LogP contribution < -0.4 is 0 Å². The minimum atomic E-state index is -0.414. The fourth-order valence-electron chi connectivity index (χ4n) is 2.01. The van der Waals surface area contributed by atoms with Gasteiger partial charge in [0, 0.05) is 6.42 Å². The van der Waals surface area contributed by atoms with Crippen molar-refractivity contribution in [2.45, 2.75) is 65.0 Å². The van der Waals surface area contributed by atoms with E-state index in [0.29, 0.717) is 6.10 Å². The van der Waals surface area contributed by atoms with E-state index in [4.69, 9.17) is 9.47 Å². The number of hydrogen-bond acceptors (Lipinski definition) is 2. The first-order valence-corrected chi connectivity index (χ1v) is 4.75. The SMILES string of the molecule is CCC1(C)CC(C)OC(C)(C)O1. The van der Waals surface area contributed by atoms with Crippen LogP contribution in [0.25, 0.3) is 0 Å². The average molecular weight is 172 g/mol. The van der Waals surface area contributed by atoms with Crippen LogP contribution >= 0.6 is 0 Å². The molecule has 1 heterocycles. The number of ether oxygens (including phenoxy) is 2. The van der Waals surface area contributed by atoms with Crippen LogP contribution in [0.3, 0.4) is 0 Å². The van der Waals surface area contributed by atoms with Crippen LogP contribution in [0.2, 0.25) is 0 Å². The second-order valence-electron chi connectivity index (χ2n) is 4.44. The van der Waals surface area contributed by atoms with E-state index in [1.165, 1.54) is 0 Å². The lowest BCUT2D eigenvalue weighted by atomic mass is 9.93. The van der Waals surface area contributed by atoms with E-state index in [9.17, 15) is 0 Å². The van der Waals surface area contributed by atoms with Gasteiger partial charge in [-0.1, -0.05) is 6.92 Å². The Morgan fingerprint density at radius 1 is 1.33 bits per heavy atom. The van der Waals surface area contributed by atoms with Gasteiger partial charge in [0.1, 0.15) is 0 Å². The highest BCUT2D eigenvalue weighted by molar-refractivity contribution is 4.83. The summed E-state index contributed by atoms with van der Waals surface area (Å²) in [6.45, 7) is 10.4. The molecule has 2 nitrogen and oxygen atoms in total. The first kappa shape index (κ1) is 10.0. The quantitative estimate of drug-likeness (QED) is 0.605. The molecule has 1 saturated heterocycles. The molecule has 1 aliphatic rings. The second-order valence-corrected chi connectivity index (χ2v) is 4.44. The summed E-state index contributed by atoms with van der Waals surface area (Å²) in [6, 6.07) is 0. The van der Waals surface area contributed by atoms with Gasteiger partial charge in [-0.3, -0.25) is 0 Å². The standard InChI is InChI=1S/C10H20O2/c1-6-10(5)7-8(2)11-9(3,4)12-10/h8H,6-7H2,1-5H3. The van der Waals surface area contributed by atoms with E-state index in [1.807, 2.05) is 13.8 Å². The zero-order valence-electron chi connectivity index (χ0n) is 8.81. The summed E-state index contributed by atoms with van der Waals surface area (Å²) in [7, 11) is 0. The van der Waals surface area contributed by atoms with Crippen molar-refractivity contribution in [2.24, 2.45) is 0 Å². The minimum Gasteiger partial charge on any atom is -0.347 e. The van der Waals surface area contributed by atoms with Gasteiger partial charge in [-0.25, -0.2) is 0 Å². The Morgan fingerprint density at radius 2 is 1.92 bits per heavy atom. The molecule has 72 valence electrons. The number of rotatable bonds is 1. The zero-order valence-corrected chi connectivity index (χ0v) is 8.81. The third-order valence-electron chi connectivity index (χ3n) is 2.44. The van der Waals surface area contributed by atoms with Gasteiger partial charge in [0.15, 0.2) is 5.79 Å². The molecule has 1 rings (SSSR count). The highest BCUT2D eigenvalue weighted by Gasteiger charge is 2.39. The average Bonchev–Trinajstić information content (AvgIpc) is 1.82. The predicted molar refractivity (Wildman–Crippen MR) is 49.0 cm³/mol. The van der Waals surface area contributed by atoms with Gasteiger partial charge < -0.3 is 9.47 Å². The van der Waals surface area contributed by atoms with E-state index in [2.05, 4.69) is 20.8 Å². The van der Waals surface area contributed by atoms with Gasteiger partial charge >= 0.3 is 0 Å². The molecule has 1 aliphatic heterocycles. The van der Waals surface area contributed by atoms with Gasteiger partial charge in [0.2, 0.25) is 0 Å². The maximum absolute atomic E-state index is 5.86. The molecule has 0 aliphatic carbocycles. The van der Waals surface area contributed by atoms with Gasteiger partial charge in [0.05, 0.1) is 11.7 Å². The lowest BCUT2D eigenvalue weighted by Gasteiger charge is -2.45. The molecule has 0 aromatic carbocycles. The van der Waals surface area contributed by atoms with E-state index < -0.39 is 5.79 Å². The molecule has 0 spiro atoms. The molecule has 0 N–H and O–H groups in total. The molecule has 0 aromatic rings. The molecule has 12 heavy (non-hydrogen) atoms. The van der Waals surface area contributed by atoms with Crippen molar-refractivity contribution < 1.29 is 9.47 Å². The third kappa shape index (κ3) is 2.20. The van der Waals surface area contributed by atoms with Crippen molar-refractivity contribution in [1.82, 2.24) is 0 Å². The largest absolute Gasteiger partial charge is 0.347 e. The highest BCUT2D eigenvalue weighted by Crippen LogP contribution is 2.35. The maximum atomic E-state index is 5.86. The van der Waals surface area contributed by atoms with Gasteiger partial charge in [-0.05, 0) is 34.1 Å². The van der Waals surface area contributed by atoms with Crippen LogP contribution in [0.1, 0.15) is 47.5 Å². The van der Waals surface area contributed by atoms with Crippen LogP contribution in [-0.4, -0.2) is 17.5 Å². The zero-order chi connectivity index (χ0) is 9.41. The predicted octanol–water partition coefficient (Wildman–Crippen LogP) is 2.72. The molecule has 0 saturated carbocycles. The van der Waals surface area contributed by atoms with Crippen molar-refractivity contribution in [1.29, 1.82) is 0 Å². The van der Waals surface area contributed by atoms with Gasteiger partial charge in [-0.15, -0.1) is 0 Å². The number of hydrogen-bond donors (Lipinski definition) is 0. The van der Waals surface area contributed by atoms with Gasteiger partial charge in [-0.2, -0.15) is 0 Å². The van der Waals surface area contributed by atoms with Crippen LogP contribution in [0, 0.1) is 0 Å². The van der Waals surface area contributed by atoms with Crippen molar-refractivity contribution >= 4 is 0 Å². The summed E-state index contributed by atoms with van der Waals surface area (Å²) in [5.41, 5.74) is 0.00116. The fourth-order valence-corrected chi connectivity index (χ4v) is 2.01. The Balaban J connectivity index is 2.70. The lowest BCUT2D eigenvalue weighted by molar-refractivity contribution is -0.326. The summed E-state index contributed by atoms with van der Waals surface area (Å²) in [4.78, 5) is 0. The van der Waals surface area contributed by atoms with Crippen molar-refractivity contribution in [3.63, 3.8) is 0 Å². The monoisotopic (exact) mass is 172 g/mol. The third-order valence-corrected chi connectivity index (χ3v) is 2.44. The van der Waals surface area contributed by atoms with Crippen molar-refractivity contribution in [2.75, 3.05) is 0 Å². The van der Waals surface area contributed by atoms with E-state index >= 15 is 0 Å². The molecule has 2 heteroatoms. The Bertz CT molecular complexity index is 165. The smallest absolute Gasteiger partial charge is 0.163 e. The molecular formula is C10H20O2. The first-order chi connectivity index (χ1) is 5.37. The molecular weight excluding hydrogens is 152 g/mol. The van der Waals surface area contributed by atoms with Gasteiger partial charge in [0.25, 0.3) is 0 Å². The lowest BCUT2D eigenvalue weighted by Crippen LogP contribution is -2.49. The molecule has 0 bridgehead atoms. The second kappa shape index (κ2) is 3.00. The summed E-state index contributed by atoms with van der Waals surface area (Å²) in [5, 5.41) is 0. The molecule has 0 radical (unpaired) electrons. The summed E-state index contributed by atoms with van der Waals surface area (Å²) in [6.07, 6.45) is 2.34. The van der Waals surface area contributed by atoms with Crippen LogP contribution in [0.5, 0.6) is 0 Å². The Morgan fingerprint density at radius 3 is 2.33 bits per heavy atom. The van der Waals surface area contributed by atoms with Crippen LogP contribution in [-0.2, 0) is 9.47 Å². The molecule has 1 fully saturated rings. The summed E-state index contributed by atoms with van der Waals surface area (Å²) >= 11 is 0. The molecule has 2 atom stereocenters. The first-order valence-electron chi connectivity index (χ1n) is 4.75. The Labute approximate surface area is 75.2 Å². The fraction of sp³-hybridized carbons (Fsp3) is 1.00. The maximum Gasteiger partial charge on any atom is 0.163 e. The van der Waals surface area contributed by atoms with Crippen molar-refractivity contribution in [3.8, 4) is 0 Å². The highest BCUT2D eigenvalue weighted by atomic mass is 16.7. The summed E-state index contributed by atoms with van der Waals surface area (Å²) in [5.74, 6) is -0.414. The van der Waals surface area contributed by atoms with E-state index in [0.717, 1.165) is 12.8 Å². The van der Waals surface area contributed by atoms with Crippen molar-refractivity contribution in [3.05, 3.63) is 0 Å². The van der Waals surface area contributed by atoms with Crippen LogP contribution in [0.15, 0.2) is 0 Å². The van der Waals surface area contributed by atoms with Crippen LogP contribution in [0.4, 0.5) is 0 Å². The Kier molecular flexibility index (Phi) is 2.50.